The zero-order chi connectivity index (χ0) is 21.5. The van der Waals surface area contributed by atoms with Crippen LogP contribution in [0, 0.1) is 0 Å². The third-order valence-corrected chi connectivity index (χ3v) is 5.29. The second-order valence-corrected chi connectivity index (χ2v) is 7.45. The van der Waals surface area contributed by atoms with Crippen LogP contribution in [0.1, 0.15) is 12.5 Å². The van der Waals surface area contributed by atoms with E-state index in [0.29, 0.717) is 28.0 Å². The van der Waals surface area contributed by atoms with Gasteiger partial charge in [0.25, 0.3) is 5.91 Å². The van der Waals surface area contributed by atoms with Crippen LogP contribution in [0.25, 0.3) is 11.4 Å². The minimum absolute atomic E-state index is 0.0353. The second kappa shape index (κ2) is 10.1. The van der Waals surface area contributed by atoms with Gasteiger partial charge < -0.3 is 14.4 Å². The van der Waals surface area contributed by atoms with Crippen molar-refractivity contribution in [3.63, 3.8) is 0 Å². The van der Waals surface area contributed by atoms with E-state index in [9.17, 15) is 9.90 Å². The maximum absolute atomic E-state index is 12.1. The van der Waals surface area contributed by atoms with Crippen LogP contribution in [0.5, 0.6) is 11.5 Å². The number of halogens is 1. The summed E-state index contributed by atoms with van der Waals surface area (Å²) in [6.45, 7) is 2.65. The van der Waals surface area contributed by atoms with Gasteiger partial charge in [-0.1, -0.05) is 23.4 Å². The van der Waals surface area contributed by atoms with Crippen LogP contribution in [0.2, 0.25) is 5.02 Å². The van der Waals surface area contributed by atoms with Crippen LogP contribution in [-0.2, 0) is 11.3 Å². The number of thioether (sulfide) groups is 1. The molecule has 0 radical (unpaired) electrons. The maximum atomic E-state index is 12.1. The van der Waals surface area contributed by atoms with Gasteiger partial charge in [0.05, 0.1) is 19.1 Å². The van der Waals surface area contributed by atoms with Gasteiger partial charge in [0.1, 0.15) is 0 Å². The normalized spacial score (nSPS) is 11.0. The molecule has 2 N–H and O–H groups in total. The van der Waals surface area contributed by atoms with Gasteiger partial charge in [-0.05, 0) is 55.0 Å². The lowest BCUT2D eigenvalue weighted by atomic mass is 10.2. The predicted octanol–water partition coefficient (Wildman–Crippen LogP) is 3.58. The van der Waals surface area contributed by atoms with Gasteiger partial charge in [-0.25, -0.2) is 5.43 Å². The minimum Gasteiger partial charge on any atom is -0.504 e. The first-order chi connectivity index (χ1) is 14.5. The Morgan fingerprint density at radius 1 is 1.30 bits per heavy atom. The summed E-state index contributed by atoms with van der Waals surface area (Å²) >= 11 is 7.22. The molecule has 0 atom stereocenters. The van der Waals surface area contributed by atoms with Crippen molar-refractivity contribution in [1.82, 2.24) is 20.2 Å². The molecule has 1 heterocycles. The molecule has 0 spiro atoms. The molecule has 2 aromatic carbocycles. The molecule has 1 aromatic heterocycles. The Morgan fingerprint density at radius 3 is 2.77 bits per heavy atom. The van der Waals surface area contributed by atoms with Gasteiger partial charge in [0.2, 0.25) is 0 Å². The van der Waals surface area contributed by atoms with Crippen molar-refractivity contribution in [2.75, 3.05) is 12.9 Å². The molecule has 10 heteroatoms. The number of ether oxygens (including phenoxy) is 1. The highest BCUT2D eigenvalue weighted by atomic mass is 35.5. The fraction of sp³-hybridized carbons (Fsp3) is 0.200. The van der Waals surface area contributed by atoms with Gasteiger partial charge in [0.15, 0.2) is 22.5 Å². The van der Waals surface area contributed by atoms with Gasteiger partial charge in [-0.2, -0.15) is 5.10 Å². The van der Waals surface area contributed by atoms with Crippen molar-refractivity contribution in [3.8, 4) is 22.9 Å². The highest BCUT2D eigenvalue weighted by Crippen LogP contribution is 2.26. The molecule has 0 saturated carbocycles. The van der Waals surface area contributed by atoms with E-state index >= 15 is 0 Å². The summed E-state index contributed by atoms with van der Waals surface area (Å²) in [4.78, 5) is 12.1. The van der Waals surface area contributed by atoms with Crippen LogP contribution in [0.3, 0.4) is 0 Å². The first kappa shape index (κ1) is 21.7. The fourth-order valence-electron chi connectivity index (χ4n) is 2.61. The van der Waals surface area contributed by atoms with Crippen molar-refractivity contribution in [1.29, 1.82) is 0 Å². The summed E-state index contributed by atoms with van der Waals surface area (Å²) < 4.78 is 6.98. The number of amides is 1. The van der Waals surface area contributed by atoms with Crippen LogP contribution in [0.4, 0.5) is 0 Å². The summed E-state index contributed by atoms with van der Waals surface area (Å²) in [6.07, 6.45) is 1.47. The molecule has 30 heavy (non-hydrogen) atoms. The van der Waals surface area contributed by atoms with Crippen LogP contribution >= 0.6 is 23.4 Å². The molecule has 3 aromatic rings. The molecule has 0 saturated heterocycles. The van der Waals surface area contributed by atoms with Crippen molar-refractivity contribution in [3.05, 3.63) is 53.1 Å². The summed E-state index contributed by atoms with van der Waals surface area (Å²) in [5.74, 6) is 0.941. The molecule has 0 aliphatic carbocycles. The Morgan fingerprint density at radius 2 is 2.07 bits per heavy atom. The number of benzene rings is 2. The Hall–Kier alpha value is -3.04. The average Bonchev–Trinajstić information content (AvgIpc) is 3.17. The number of carbonyl (C=O) groups excluding carboxylic acids is 1. The summed E-state index contributed by atoms with van der Waals surface area (Å²) in [6, 6.07) is 12.1. The number of nitrogens with one attached hydrogen (secondary N) is 1. The number of hydrogen-bond donors (Lipinski definition) is 2. The number of rotatable bonds is 8. The smallest absolute Gasteiger partial charge is 0.250 e. The van der Waals surface area contributed by atoms with E-state index in [4.69, 9.17) is 16.3 Å². The molecule has 1 amide bonds. The molecule has 0 fully saturated rings. The minimum atomic E-state index is -0.277. The average molecular weight is 446 g/mol. The number of phenols is 1. The quantitative estimate of drug-likeness (QED) is 0.312. The SMILES string of the molecule is CCn1c(SCC(=O)N/N=C\c2ccc(O)c(OC)c2)nnc1-c1ccc(Cl)cc1. The Bertz CT molecular complexity index is 1050. The predicted molar refractivity (Wildman–Crippen MR) is 117 cm³/mol. The van der Waals surface area contributed by atoms with Crippen LogP contribution in [-0.4, -0.2) is 44.9 Å². The number of carbonyl (C=O) groups is 1. The van der Waals surface area contributed by atoms with Crippen molar-refractivity contribution in [2.45, 2.75) is 18.6 Å². The molecule has 3 rings (SSSR count). The van der Waals surface area contributed by atoms with Gasteiger partial charge in [-0.15, -0.1) is 10.2 Å². The third kappa shape index (κ3) is 5.31. The zero-order valence-corrected chi connectivity index (χ0v) is 17.9. The number of methoxy groups -OCH3 is 1. The van der Waals surface area contributed by atoms with E-state index < -0.39 is 0 Å². The molecule has 8 nitrogen and oxygen atoms in total. The monoisotopic (exact) mass is 445 g/mol. The molecule has 0 aliphatic rings. The Balaban J connectivity index is 1.59. The van der Waals surface area contributed by atoms with E-state index in [-0.39, 0.29) is 17.4 Å². The number of aromatic nitrogens is 3. The van der Waals surface area contributed by atoms with Crippen molar-refractivity contribution < 1.29 is 14.6 Å². The zero-order valence-electron chi connectivity index (χ0n) is 16.4. The molecule has 0 aliphatic heterocycles. The molecule has 156 valence electrons. The standard InChI is InChI=1S/C20H20ClN5O3S/c1-3-26-19(14-5-7-15(21)8-6-14)24-25-20(26)30-12-18(28)23-22-11-13-4-9-16(27)17(10-13)29-2/h4-11,27H,3,12H2,1-2H3,(H,23,28)/b22-11-. The lowest BCUT2D eigenvalue weighted by Gasteiger charge is -2.07. The molecule has 0 unspecified atom stereocenters. The van der Waals surface area contributed by atoms with E-state index in [1.54, 1.807) is 24.3 Å². The second-order valence-electron chi connectivity index (χ2n) is 6.07. The number of phenolic OH excluding ortho intramolecular Hbond substituents is 1. The van der Waals surface area contributed by atoms with Crippen molar-refractivity contribution >= 4 is 35.5 Å². The van der Waals surface area contributed by atoms with Gasteiger partial charge in [-0.3, -0.25) is 4.79 Å². The fourth-order valence-corrected chi connectivity index (χ4v) is 3.53. The number of hydrazone groups is 1. The summed E-state index contributed by atoms with van der Waals surface area (Å²) in [5.41, 5.74) is 4.05. The molecule has 0 bridgehead atoms. The summed E-state index contributed by atoms with van der Waals surface area (Å²) in [7, 11) is 1.46. The summed E-state index contributed by atoms with van der Waals surface area (Å²) in [5, 5.41) is 23.3. The lowest BCUT2D eigenvalue weighted by molar-refractivity contribution is -0.118. The van der Waals surface area contributed by atoms with Crippen molar-refractivity contribution in [2.24, 2.45) is 5.10 Å². The van der Waals surface area contributed by atoms with E-state index in [0.717, 1.165) is 11.4 Å². The Labute approximate surface area is 182 Å². The highest BCUT2D eigenvalue weighted by Gasteiger charge is 2.14. The number of nitrogens with zero attached hydrogens (tertiary/aromatic N) is 4. The van der Waals surface area contributed by atoms with Gasteiger partial charge >= 0.3 is 0 Å². The lowest BCUT2D eigenvalue weighted by Crippen LogP contribution is -2.20. The third-order valence-electron chi connectivity index (χ3n) is 4.07. The van der Waals surface area contributed by atoms with E-state index in [1.807, 2.05) is 23.6 Å². The van der Waals surface area contributed by atoms with Crippen LogP contribution in [0.15, 0.2) is 52.7 Å². The topological polar surface area (TPSA) is 102 Å². The van der Waals surface area contributed by atoms with E-state index in [2.05, 4.69) is 20.7 Å². The first-order valence-electron chi connectivity index (χ1n) is 9.02. The maximum Gasteiger partial charge on any atom is 0.250 e. The Kier molecular flexibility index (Phi) is 7.31. The van der Waals surface area contributed by atoms with E-state index in [1.165, 1.54) is 31.2 Å². The number of hydrogen-bond acceptors (Lipinski definition) is 7. The molecular weight excluding hydrogens is 426 g/mol. The first-order valence-corrected chi connectivity index (χ1v) is 10.4. The largest absolute Gasteiger partial charge is 0.504 e. The number of aromatic hydroxyl groups is 1. The molecular formula is C20H20ClN5O3S. The van der Waals surface area contributed by atoms with Gasteiger partial charge in [0, 0.05) is 17.1 Å². The van der Waals surface area contributed by atoms with Crippen LogP contribution < -0.4 is 10.2 Å². The highest BCUT2D eigenvalue weighted by molar-refractivity contribution is 7.99.